The van der Waals surface area contributed by atoms with Crippen molar-refractivity contribution in [2.45, 2.75) is 12.7 Å². The standard InChI is InChI=1S/C15H11ClF3N5O/c16-10-3-1-2-9(6-10)8-24-5-4-13(23-24)20-14(25)11-7-12(22-21-11)15(17,18)19/h1-7H,8H2,(H,21,22)(H,20,23,25). The van der Waals surface area contributed by atoms with E-state index in [1.54, 1.807) is 34.2 Å². The van der Waals surface area contributed by atoms with E-state index in [1.165, 1.54) is 6.07 Å². The van der Waals surface area contributed by atoms with E-state index in [0.29, 0.717) is 17.6 Å². The molecule has 0 fully saturated rings. The second kappa shape index (κ2) is 6.60. The average Bonchev–Trinajstić information content (AvgIpc) is 3.16. The fourth-order valence-electron chi connectivity index (χ4n) is 2.10. The Hall–Kier alpha value is -2.81. The van der Waals surface area contributed by atoms with Crippen LogP contribution in [0.1, 0.15) is 21.7 Å². The lowest BCUT2D eigenvalue weighted by Gasteiger charge is -2.03. The van der Waals surface area contributed by atoms with E-state index in [9.17, 15) is 18.0 Å². The number of aromatic amines is 1. The van der Waals surface area contributed by atoms with Crippen molar-refractivity contribution in [2.75, 3.05) is 5.32 Å². The van der Waals surface area contributed by atoms with Gasteiger partial charge in [0.2, 0.25) is 0 Å². The van der Waals surface area contributed by atoms with Crippen LogP contribution in [-0.4, -0.2) is 25.9 Å². The first-order chi connectivity index (χ1) is 11.8. The minimum Gasteiger partial charge on any atom is -0.304 e. The molecule has 10 heteroatoms. The molecule has 0 atom stereocenters. The first-order valence-electron chi connectivity index (χ1n) is 7.03. The van der Waals surface area contributed by atoms with Crippen molar-refractivity contribution in [3.8, 4) is 0 Å². The Morgan fingerprint density at radius 3 is 2.76 bits per heavy atom. The highest BCUT2D eigenvalue weighted by Crippen LogP contribution is 2.27. The first-order valence-corrected chi connectivity index (χ1v) is 7.41. The van der Waals surface area contributed by atoms with Crippen LogP contribution in [0.25, 0.3) is 0 Å². The van der Waals surface area contributed by atoms with Gasteiger partial charge in [-0.2, -0.15) is 23.4 Å². The molecular weight excluding hydrogens is 359 g/mol. The van der Waals surface area contributed by atoms with Gasteiger partial charge in [0.05, 0.1) is 6.54 Å². The fraction of sp³-hybridized carbons (Fsp3) is 0.133. The van der Waals surface area contributed by atoms with Crippen molar-refractivity contribution in [1.82, 2.24) is 20.0 Å². The lowest BCUT2D eigenvalue weighted by Crippen LogP contribution is -2.13. The van der Waals surface area contributed by atoms with Crippen LogP contribution in [0.5, 0.6) is 0 Å². The summed E-state index contributed by atoms with van der Waals surface area (Å²) in [5.41, 5.74) is -0.559. The van der Waals surface area contributed by atoms with Crippen LogP contribution in [0.4, 0.5) is 19.0 Å². The van der Waals surface area contributed by atoms with Gasteiger partial charge in [0, 0.05) is 23.4 Å². The molecule has 0 aliphatic rings. The summed E-state index contributed by atoms with van der Waals surface area (Å²) in [7, 11) is 0. The summed E-state index contributed by atoms with van der Waals surface area (Å²) in [6.07, 6.45) is -2.97. The molecule has 0 bridgehead atoms. The maximum Gasteiger partial charge on any atom is 0.432 e. The molecule has 0 saturated heterocycles. The lowest BCUT2D eigenvalue weighted by molar-refractivity contribution is -0.141. The molecule has 6 nitrogen and oxygen atoms in total. The van der Waals surface area contributed by atoms with E-state index in [1.807, 2.05) is 6.07 Å². The zero-order chi connectivity index (χ0) is 18.0. The van der Waals surface area contributed by atoms with Crippen LogP contribution in [0.2, 0.25) is 5.02 Å². The Morgan fingerprint density at radius 2 is 2.08 bits per heavy atom. The number of aromatic nitrogens is 4. The highest BCUT2D eigenvalue weighted by Gasteiger charge is 2.33. The van der Waals surface area contributed by atoms with Gasteiger partial charge in [-0.3, -0.25) is 14.6 Å². The number of nitrogens with zero attached hydrogens (tertiary/aromatic N) is 3. The summed E-state index contributed by atoms with van der Waals surface area (Å²) >= 11 is 5.91. The number of H-pyrrole nitrogens is 1. The molecule has 0 spiro atoms. The number of rotatable bonds is 4. The van der Waals surface area contributed by atoms with Gasteiger partial charge in [0.1, 0.15) is 5.69 Å². The van der Waals surface area contributed by atoms with Crippen LogP contribution in [0.3, 0.4) is 0 Å². The van der Waals surface area contributed by atoms with Gasteiger partial charge in [-0.25, -0.2) is 0 Å². The van der Waals surface area contributed by atoms with E-state index in [-0.39, 0.29) is 11.5 Å². The molecule has 0 saturated carbocycles. The maximum absolute atomic E-state index is 12.5. The molecule has 0 unspecified atom stereocenters. The molecule has 0 aliphatic carbocycles. The average molecular weight is 370 g/mol. The molecule has 0 aliphatic heterocycles. The summed E-state index contributed by atoms with van der Waals surface area (Å²) in [5, 5.41) is 12.3. The third-order valence-electron chi connectivity index (χ3n) is 3.23. The minimum atomic E-state index is -4.59. The Bertz CT molecular complexity index is 902. The molecule has 2 aromatic heterocycles. The van der Waals surface area contributed by atoms with Gasteiger partial charge in [0.15, 0.2) is 11.5 Å². The normalized spacial score (nSPS) is 11.5. The van der Waals surface area contributed by atoms with E-state index in [0.717, 1.165) is 5.56 Å². The zero-order valence-corrected chi connectivity index (χ0v) is 13.3. The molecule has 3 aromatic rings. The number of halogens is 4. The molecule has 2 N–H and O–H groups in total. The van der Waals surface area contributed by atoms with Crippen LogP contribution in [0.15, 0.2) is 42.6 Å². The quantitative estimate of drug-likeness (QED) is 0.738. The zero-order valence-electron chi connectivity index (χ0n) is 12.5. The second-order valence-corrected chi connectivity index (χ2v) is 5.58. The fourth-order valence-corrected chi connectivity index (χ4v) is 2.32. The SMILES string of the molecule is O=C(Nc1ccn(Cc2cccc(Cl)c2)n1)c1cc(C(F)(F)F)[nH]n1. The largest absolute Gasteiger partial charge is 0.432 e. The Labute approximate surface area is 144 Å². The van der Waals surface area contributed by atoms with Crippen molar-refractivity contribution in [3.63, 3.8) is 0 Å². The van der Waals surface area contributed by atoms with E-state index >= 15 is 0 Å². The minimum absolute atomic E-state index is 0.198. The maximum atomic E-state index is 12.5. The Balaban J connectivity index is 1.66. The number of anilines is 1. The molecule has 1 amide bonds. The summed E-state index contributed by atoms with van der Waals surface area (Å²) in [4.78, 5) is 11.9. The smallest absolute Gasteiger partial charge is 0.304 e. The predicted molar refractivity (Wildman–Crippen MR) is 84.3 cm³/mol. The van der Waals surface area contributed by atoms with E-state index < -0.39 is 17.8 Å². The van der Waals surface area contributed by atoms with Crippen molar-refractivity contribution < 1.29 is 18.0 Å². The number of carbonyl (C=O) groups is 1. The van der Waals surface area contributed by atoms with Gasteiger partial charge < -0.3 is 5.32 Å². The van der Waals surface area contributed by atoms with Crippen molar-refractivity contribution >= 4 is 23.3 Å². The molecule has 2 heterocycles. The number of hydrogen-bond acceptors (Lipinski definition) is 3. The van der Waals surface area contributed by atoms with E-state index in [4.69, 9.17) is 11.6 Å². The molecule has 130 valence electrons. The summed E-state index contributed by atoms with van der Waals surface area (Å²) < 4.78 is 39.1. The monoisotopic (exact) mass is 369 g/mol. The van der Waals surface area contributed by atoms with Gasteiger partial charge in [-0.1, -0.05) is 23.7 Å². The lowest BCUT2D eigenvalue weighted by atomic mass is 10.2. The number of amides is 1. The molecule has 1 aromatic carbocycles. The van der Waals surface area contributed by atoms with Gasteiger partial charge in [-0.05, 0) is 17.7 Å². The van der Waals surface area contributed by atoms with Gasteiger partial charge in [-0.15, -0.1) is 0 Å². The molecule has 25 heavy (non-hydrogen) atoms. The third-order valence-corrected chi connectivity index (χ3v) is 3.47. The number of benzene rings is 1. The number of nitrogens with one attached hydrogen (secondary N) is 2. The Morgan fingerprint density at radius 1 is 1.28 bits per heavy atom. The highest BCUT2D eigenvalue weighted by atomic mass is 35.5. The van der Waals surface area contributed by atoms with Crippen LogP contribution in [-0.2, 0) is 12.7 Å². The second-order valence-electron chi connectivity index (χ2n) is 5.15. The topological polar surface area (TPSA) is 75.6 Å². The van der Waals surface area contributed by atoms with Crippen LogP contribution in [0, 0.1) is 0 Å². The van der Waals surface area contributed by atoms with Crippen molar-refractivity contribution in [1.29, 1.82) is 0 Å². The van der Waals surface area contributed by atoms with Crippen LogP contribution >= 0.6 is 11.6 Å². The van der Waals surface area contributed by atoms with Gasteiger partial charge >= 0.3 is 6.18 Å². The van der Waals surface area contributed by atoms with Crippen molar-refractivity contribution in [2.24, 2.45) is 0 Å². The molecule has 3 rings (SSSR count). The molecule has 0 radical (unpaired) electrons. The van der Waals surface area contributed by atoms with Crippen LogP contribution < -0.4 is 5.32 Å². The summed E-state index contributed by atoms with van der Waals surface area (Å²) in [6.45, 7) is 0.428. The summed E-state index contributed by atoms with van der Waals surface area (Å²) in [5.74, 6) is -0.594. The predicted octanol–water partition coefficient (Wildman–Crippen LogP) is 3.58. The number of hydrogen-bond donors (Lipinski definition) is 2. The number of alkyl halides is 3. The van der Waals surface area contributed by atoms with Crippen molar-refractivity contribution in [3.05, 3.63) is 64.6 Å². The van der Waals surface area contributed by atoms with Gasteiger partial charge in [0.25, 0.3) is 5.91 Å². The summed E-state index contributed by atoms with van der Waals surface area (Å²) in [6, 6.07) is 9.37. The third kappa shape index (κ3) is 4.18. The molecular formula is C15H11ClF3N5O. The van der Waals surface area contributed by atoms with E-state index in [2.05, 4.69) is 15.5 Å². The first kappa shape index (κ1) is 17.0. The number of carbonyl (C=O) groups excluding carboxylic acids is 1. The Kier molecular flexibility index (Phi) is 4.49. The highest BCUT2D eigenvalue weighted by molar-refractivity contribution is 6.30.